The third kappa shape index (κ3) is 4.37. The van der Waals surface area contributed by atoms with Crippen LogP contribution in [0, 0.1) is 5.82 Å². The van der Waals surface area contributed by atoms with Gasteiger partial charge in [0.1, 0.15) is 12.4 Å². The second-order valence-electron chi connectivity index (χ2n) is 6.48. The number of ether oxygens (including phenoxy) is 2. The summed E-state index contributed by atoms with van der Waals surface area (Å²) in [6.45, 7) is 0.0666. The van der Waals surface area contributed by atoms with Crippen molar-refractivity contribution in [1.82, 2.24) is 0 Å². The van der Waals surface area contributed by atoms with Gasteiger partial charge in [-0.2, -0.15) is 0 Å². The minimum absolute atomic E-state index is 0.0666. The summed E-state index contributed by atoms with van der Waals surface area (Å²) in [6, 6.07) is 17.7. The van der Waals surface area contributed by atoms with E-state index in [2.05, 4.69) is 21.2 Å². The molecule has 0 fully saturated rings. The predicted molar refractivity (Wildman–Crippen MR) is 120 cm³/mol. The van der Waals surface area contributed by atoms with Gasteiger partial charge in [0.25, 0.3) is 5.91 Å². The zero-order chi connectivity index (χ0) is 21.1. The molecule has 7 heteroatoms. The Morgan fingerprint density at radius 3 is 2.70 bits per heavy atom. The molecule has 4 rings (SSSR count). The zero-order valence-electron chi connectivity index (χ0n) is 15.9. The van der Waals surface area contributed by atoms with Gasteiger partial charge in [0.15, 0.2) is 11.5 Å². The quantitative estimate of drug-likeness (QED) is 0.433. The topological polar surface area (TPSA) is 47.6 Å². The Morgan fingerprint density at radius 2 is 1.90 bits per heavy atom. The molecule has 1 N–H and O–H groups in total. The first-order chi connectivity index (χ1) is 14.5. The van der Waals surface area contributed by atoms with E-state index in [9.17, 15) is 9.18 Å². The lowest BCUT2D eigenvalue weighted by Gasteiger charge is -2.18. The molecule has 0 spiro atoms. The van der Waals surface area contributed by atoms with Gasteiger partial charge in [-0.1, -0.05) is 42.1 Å². The summed E-state index contributed by atoms with van der Waals surface area (Å²) in [5.74, 6) is 0.464. The minimum atomic E-state index is -0.324. The molecule has 152 valence electrons. The number of amides is 1. The molecule has 0 aromatic heterocycles. The van der Waals surface area contributed by atoms with Crippen LogP contribution in [-0.4, -0.2) is 13.0 Å². The standard InChI is InChI=1S/C23H17BrFNO3S/c1-28-19-11-14(12-21-23(27)26-18-8-4-5-9-20(18)30-21)10-16(24)22(19)29-13-15-6-2-3-7-17(15)25/h2-12H,13H2,1H3,(H,26,27)/b21-12-. The van der Waals surface area contributed by atoms with Crippen molar-refractivity contribution in [3.8, 4) is 11.5 Å². The highest BCUT2D eigenvalue weighted by atomic mass is 79.9. The average molecular weight is 486 g/mol. The molecule has 0 saturated heterocycles. The zero-order valence-corrected chi connectivity index (χ0v) is 18.3. The molecule has 4 nitrogen and oxygen atoms in total. The van der Waals surface area contributed by atoms with Crippen LogP contribution in [0.4, 0.5) is 10.1 Å². The minimum Gasteiger partial charge on any atom is -0.493 e. The lowest BCUT2D eigenvalue weighted by Crippen LogP contribution is -2.17. The van der Waals surface area contributed by atoms with Gasteiger partial charge in [-0.15, -0.1) is 0 Å². The molecular weight excluding hydrogens is 469 g/mol. The number of methoxy groups -OCH3 is 1. The molecule has 0 aliphatic carbocycles. The van der Waals surface area contributed by atoms with Crippen LogP contribution in [0.5, 0.6) is 11.5 Å². The van der Waals surface area contributed by atoms with E-state index in [1.807, 2.05) is 30.3 Å². The van der Waals surface area contributed by atoms with Crippen molar-refractivity contribution in [2.24, 2.45) is 0 Å². The van der Waals surface area contributed by atoms with E-state index < -0.39 is 0 Å². The molecule has 1 amide bonds. The fraction of sp³-hybridized carbons (Fsp3) is 0.0870. The summed E-state index contributed by atoms with van der Waals surface area (Å²) < 4.78 is 25.8. The van der Waals surface area contributed by atoms with Crippen LogP contribution in [0.25, 0.3) is 6.08 Å². The summed E-state index contributed by atoms with van der Waals surface area (Å²) in [5.41, 5.74) is 2.03. The second kappa shape index (κ2) is 8.93. The van der Waals surface area contributed by atoms with Gasteiger partial charge in [-0.05, 0) is 57.9 Å². The first kappa shape index (κ1) is 20.5. The number of rotatable bonds is 5. The highest BCUT2D eigenvalue weighted by molar-refractivity contribution is 9.10. The van der Waals surface area contributed by atoms with Gasteiger partial charge in [-0.3, -0.25) is 4.79 Å². The van der Waals surface area contributed by atoms with Gasteiger partial charge >= 0.3 is 0 Å². The van der Waals surface area contributed by atoms with Crippen molar-refractivity contribution in [1.29, 1.82) is 0 Å². The van der Waals surface area contributed by atoms with Gasteiger partial charge in [0.2, 0.25) is 0 Å². The van der Waals surface area contributed by atoms with E-state index in [1.165, 1.54) is 24.9 Å². The first-order valence-corrected chi connectivity index (χ1v) is 10.7. The van der Waals surface area contributed by atoms with E-state index in [0.717, 1.165) is 16.1 Å². The van der Waals surface area contributed by atoms with Crippen LogP contribution < -0.4 is 14.8 Å². The summed E-state index contributed by atoms with van der Waals surface area (Å²) in [4.78, 5) is 14.0. The van der Waals surface area contributed by atoms with Crippen LogP contribution in [0.1, 0.15) is 11.1 Å². The Bertz CT molecular complexity index is 1150. The molecule has 3 aromatic rings. The Kier molecular flexibility index (Phi) is 6.11. The van der Waals surface area contributed by atoms with E-state index in [-0.39, 0.29) is 18.3 Å². The van der Waals surface area contributed by atoms with Crippen molar-refractivity contribution in [2.75, 3.05) is 12.4 Å². The number of halogens is 2. The van der Waals surface area contributed by atoms with Crippen LogP contribution >= 0.6 is 27.7 Å². The predicted octanol–water partition coefficient (Wildman–Crippen LogP) is 6.26. The third-order valence-corrected chi connectivity index (χ3v) is 6.15. The van der Waals surface area contributed by atoms with E-state index in [4.69, 9.17) is 9.47 Å². The number of benzene rings is 3. The number of para-hydroxylation sites is 1. The number of hydrogen-bond acceptors (Lipinski definition) is 4. The maximum atomic E-state index is 13.9. The van der Waals surface area contributed by atoms with E-state index >= 15 is 0 Å². The number of carbonyl (C=O) groups excluding carboxylic acids is 1. The van der Waals surface area contributed by atoms with Crippen molar-refractivity contribution in [3.63, 3.8) is 0 Å². The molecule has 1 heterocycles. The number of anilines is 1. The Labute approximate surface area is 186 Å². The summed E-state index contributed by atoms with van der Waals surface area (Å²) in [5, 5.41) is 2.90. The second-order valence-corrected chi connectivity index (χ2v) is 8.41. The van der Waals surface area contributed by atoms with Crippen LogP contribution in [0.3, 0.4) is 0 Å². The number of thioether (sulfide) groups is 1. The van der Waals surface area contributed by atoms with Gasteiger partial charge in [-0.25, -0.2) is 4.39 Å². The summed E-state index contributed by atoms with van der Waals surface area (Å²) >= 11 is 4.91. The molecule has 0 saturated carbocycles. The van der Waals surface area contributed by atoms with Crippen LogP contribution in [-0.2, 0) is 11.4 Å². The first-order valence-electron chi connectivity index (χ1n) is 9.09. The average Bonchev–Trinajstić information content (AvgIpc) is 2.74. The highest BCUT2D eigenvalue weighted by Gasteiger charge is 2.21. The maximum absolute atomic E-state index is 13.9. The van der Waals surface area contributed by atoms with Crippen molar-refractivity contribution < 1.29 is 18.7 Å². The molecule has 0 atom stereocenters. The summed E-state index contributed by atoms with van der Waals surface area (Å²) in [6.07, 6.45) is 1.80. The number of nitrogens with one attached hydrogen (secondary N) is 1. The number of hydrogen-bond donors (Lipinski definition) is 1. The van der Waals surface area contributed by atoms with Crippen molar-refractivity contribution in [2.45, 2.75) is 11.5 Å². The van der Waals surface area contributed by atoms with Crippen LogP contribution in [0.2, 0.25) is 0 Å². The number of fused-ring (bicyclic) bond motifs is 1. The largest absolute Gasteiger partial charge is 0.493 e. The van der Waals surface area contributed by atoms with Gasteiger partial charge in [0.05, 0.1) is 22.2 Å². The molecule has 1 aliphatic heterocycles. The fourth-order valence-corrected chi connectivity index (χ4v) is 4.51. The molecule has 0 unspecified atom stereocenters. The van der Waals surface area contributed by atoms with Gasteiger partial charge in [0, 0.05) is 10.5 Å². The Balaban J connectivity index is 1.60. The third-order valence-electron chi connectivity index (χ3n) is 4.46. The lowest BCUT2D eigenvalue weighted by atomic mass is 10.1. The molecule has 30 heavy (non-hydrogen) atoms. The highest BCUT2D eigenvalue weighted by Crippen LogP contribution is 2.41. The smallest absolute Gasteiger partial charge is 0.262 e. The molecule has 0 bridgehead atoms. The van der Waals surface area contributed by atoms with Crippen molar-refractivity contribution in [3.05, 3.63) is 87.0 Å². The van der Waals surface area contributed by atoms with E-state index in [0.29, 0.717) is 26.4 Å². The van der Waals surface area contributed by atoms with Crippen molar-refractivity contribution >= 4 is 45.4 Å². The SMILES string of the molecule is COc1cc(/C=C2\Sc3ccccc3NC2=O)cc(Br)c1OCc1ccccc1F. The lowest BCUT2D eigenvalue weighted by molar-refractivity contribution is -0.112. The molecular formula is C23H17BrFNO3S. The van der Waals surface area contributed by atoms with Crippen LogP contribution in [0.15, 0.2) is 74.9 Å². The molecule has 3 aromatic carbocycles. The monoisotopic (exact) mass is 485 g/mol. The Morgan fingerprint density at radius 1 is 1.13 bits per heavy atom. The molecule has 1 aliphatic rings. The fourth-order valence-electron chi connectivity index (χ4n) is 2.98. The van der Waals surface area contributed by atoms with Gasteiger partial charge < -0.3 is 14.8 Å². The normalized spacial score (nSPS) is 14.2. The van der Waals surface area contributed by atoms with E-state index in [1.54, 1.807) is 30.3 Å². The number of carbonyl (C=O) groups is 1. The summed E-state index contributed by atoms with van der Waals surface area (Å²) in [7, 11) is 1.53. The Hall–Kier alpha value is -2.77. The molecule has 0 radical (unpaired) electrons. The maximum Gasteiger partial charge on any atom is 0.262 e.